The third-order valence-electron chi connectivity index (χ3n) is 4.23. The number of nitrogens with one attached hydrogen (secondary N) is 1. The van der Waals surface area contributed by atoms with Crippen molar-refractivity contribution in [1.82, 2.24) is 14.9 Å². The zero-order valence-corrected chi connectivity index (χ0v) is 16.6. The van der Waals surface area contributed by atoms with Gasteiger partial charge in [0.25, 0.3) is 11.5 Å². The fraction of sp³-hybridized carbons (Fsp3) is 0.286. The monoisotopic (exact) mass is 399 g/mol. The molecule has 0 aliphatic carbocycles. The Morgan fingerprint density at radius 3 is 2.79 bits per heavy atom. The number of carbonyl (C=O) groups is 1. The molecule has 0 atom stereocenters. The summed E-state index contributed by atoms with van der Waals surface area (Å²) in [6, 6.07) is 12.0. The van der Waals surface area contributed by atoms with Crippen molar-refractivity contribution in [2.75, 3.05) is 13.2 Å². The first-order valence-corrected chi connectivity index (χ1v) is 9.60. The lowest BCUT2D eigenvalue weighted by Crippen LogP contribution is -2.32. The molecule has 0 radical (unpaired) electrons. The lowest BCUT2D eigenvalue weighted by molar-refractivity contribution is 0.0738. The molecule has 0 saturated heterocycles. The molecule has 0 spiro atoms. The highest BCUT2D eigenvalue weighted by atomic mass is 35.5. The maximum absolute atomic E-state index is 13.0. The maximum Gasteiger partial charge on any atom is 0.258 e. The summed E-state index contributed by atoms with van der Waals surface area (Å²) in [6.07, 6.45) is 0.778. The third kappa shape index (κ3) is 4.51. The number of amides is 1. The van der Waals surface area contributed by atoms with E-state index in [1.54, 1.807) is 41.3 Å². The van der Waals surface area contributed by atoms with E-state index in [-0.39, 0.29) is 18.0 Å². The van der Waals surface area contributed by atoms with Crippen LogP contribution in [0.15, 0.2) is 47.3 Å². The van der Waals surface area contributed by atoms with Crippen LogP contribution in [0.5, 0.6) is 5.75 Å². The van der Waals surface area contributed by atoms with E-state index in [9.17, 15) is 9.59 Å². The minimum Gasteiger partial charge on any atom is -0.494 e. The van der Waals surface area contributed by atoms with E-state index in [0.717, 1.165) is 6.42 Å². The second-order valence-corrected chi connectivity index (χ2v) is 6.80. The van der Waals surface area contributed by atoms with Gasteiger partial charge in [0.2, 0.25) is 0 Å². The second-order valence-electron chi connectivity index (χ2n) is 6.36. The molecule has 0 saturated carbocycles. The van der Waals surface area contributed by atoms with Crippen molar-refractivity contribution < 1.29 is 9.53 Å². The zero-order chi connectivity index (χ0) is 20.1. The smallest absolute Gasteiger partial charge is 0.258 e. The molecule has 6 nitrogen and oxygen atoms in total. The lowest BCUT2D eigenvalue weighted by Gasteiger charge is -2.22. The van der Waals surface area contributed by atoms with Gasteiger partial charge in [-0.1, -0.05) is 24.6 Å². The zero-order valence-electron chi connectivity index (χ0n) is 15.9. The number of hydrogen-bond donors (Lipinski definition) is 1. The molecule has 0 bridgehead atoms. The molecule has 0 unspecified atom stereocenters. The number of carbonyl (C=O) groups excluding carboxylic acids is 1. The Labute approximate surface area is 168 Å². The molecule has 0 aliphatic heterocycles. The molecule has 3 rings (SSSR count). The number of ether oxygens (including phenoxy) is 1. The van der Waals surface area contributed by atoms with Crippen LogP contribution in [0.3, 0.4) is 0 Å². The van der Waals surface area contributed by atoms with Crippen LogP contribution in [-0.4, -0.2) is 33.9 Å². The molecule has 28 heavy (non-hydrogen) atoms. The van der Waals surface area contributed by atoms with Crippen molar-refractivity contribution in [2.45, 2.75) is 26.8 Å². The minimum atomic E-state index is -0.251. The molecule has 7 heteroatoms. The Morgan fingerprint density at radius 1 is 1.21 bits per heavy atom. The van der Waals surface area contributed by atoms with E-state index in [0.29, 0.717) is 46.2 Å². The van der Waals surface area contributed by atoms with Gasteiger partial charge in [-0.15, -0.1) is 0 Å². The molecule has 1 heterocycles. The number of fused-ring (bicyclic) bond motifs is 1. The van der Waals surface area contributed by atoms with Gasteiger partial charge in [-0.25, -0.2) is 4.98 Å². The Hall–Kier alpha value is -2.86. The largest absolute Gasteiger partial charge is 0.494 e. The number of rotatable bonds is 7. The standard InChI is InChI=1S/C21H22ClN3O3/c1-3-10-25(21(27)14-6-5-7-16(11-14)28-4-2)13-19-23-18-12-15(22)8-9-17(18)20(26)24-19/h5-9,11-12H,3-4,10,13H2,1-2H3,(H,23,24,26). The van der Waals surface area contributed by atoms with Crippen molar-refractivity contribution in [3.63, 3.8) is 0 Å². The number of H-pyrrole nitrogens is 1. The van der Waals surface area contributed by atoms with Gasteiger partial charge in [-0.05, 0) is 49.7 Å². The van der Waals surface area contributed by atoms with Crippen molar-refractivity contribution >= 4 is 28.4 Å². The van der Waals surface area contributed by atoms with Gasteiger partial charge >= 0.3 is 0 Å². The van der Waals surface area contributed by atoms with Crippen LogP contribution in [0.1, 0.15) is 36.5 Å². The lowest BCUT2D eigenvalue weighted by atomic mass is 10.1. The van der Waals surface area contributed by atoms with Crippen LogP contribution in [0, 0.1) is 0 Å². The average molecular weight is 400 g/mol. The predicted octanol–water partition coefficient (Wildman–Crippen LogP) is 4.03. The molecule has 0 aliphatic rings. The van der Waals surface area contributed by atoms with Crippen molar-refractivity contribution in [3.8, 4) is 5.75 Å². The van der Waals surface area contributed by atoms with Gasteiger partial charge in [0.1, 0.15) is 11.6 Å². The number of halogens is 1. The van der Waals surface area contributed by atoms with Gasteiger partial charge in [-0.3, -0.25) is 9.59 Å². The average Bonchev–Trinajstić information content (AvgIpc) is 2.67. The maximum atomic E-state index is 13.0. The SMILES string of the molecule is CCCN(Cc1nc2cc(Cl)ccc2c(=O)[nH]1)C(=O)c1cccc(OCC)c1. The topological polar surface area (TPSA) is 75.3 Å². The van der Waals surface area contributed by atoms with E-state index >= 15 is 0 Å². The first-order chi connectivity index (χ1) is 13.5. The summed E-state index contributed by atoms with van der Waals surface area (Å²) in [5.41, 5.74) is 0.790. The minimum absolute atomic E-state index is 0.141. The first kappa shape index (κ1) is 19.9. The van der Waals surface area contributed by atoms with Gasteiger partial charge in [0.05, 0.1) is 24.1 Å². The summed E-state index contributed by atoms with van der Waals surface area (Å²) >= 11 is 6.02. The van der Waals surface area contributed by atoms with Gasteiger partial charge in [-0.2, -0.15) is 0 Å². The summed E-state index contributed by atoms with van der Waals surface area (Å²) in [5.74, 6) is 0.927. The Balaban J connectivity index is 1.90. The van der Waals surface area contributed by atoms with E-state index in [4.69, 9.17) is 16.3 Å². The number of aromatic amines is 1. The Morgan fingerprint density at radius 2 is 2.04 bits per heavy atom. The van der Waals surface area contributed by atoms with Crippen LogP contribution in [0.4, 0.5) is 0 Å². The number of aromatic nitrogens is 2. The van der Waals surface area contributed by atoms with E-state index in [2.05, 4.69) is 9.97 Å². The molecular formula is C21H22ClN3O3. The van der Waals surface area contributed by atoms with E-state index in [1.807, 2.05) is 19.9 Å². The van der Waals surface area contributed by atoms with Crippen LogP contribution in [0.2, 0.25) is 5.02 Å². The highest BCUT2D eigenvalue weighted by Crippen LogP contribution is 2.18. The molecule has 0 fully saturated rings. The van der Waals surface area contributed by atoms with Crippen LogP contribution in [-0.2, 0) is 6.54 Å². The molecule has 1 aromatic heterocycles. The number of benzene rings is 2. The second kappa shape index (κ2) is 8.89. The number of nitrogens with zero attached hydrogens (tertiary/aromatic N) is 2. The predicted molar refractivity (Wildman–Crippen MR) is 110 cm³/mol. The number of hydrogen-bond acceptors (Lipinski definition) is 4. The third-order valence-corrected chi connectivity index (χ3v) is 4.47. The van der Waals surface area contributed by atoms with Gasteiger partial charge in [0, 0.05) is 17.1 Å². The highest BCUT2D eigenvalue weighted by Gasteiger charge is 2.18. The van der Waals surface area contributed by atoms with Gasteiger partial charge < -0.3 is 14.6 Å². The summed E-state index contributed by atoms with van der Waals surface area (Å²) in [7, 11) is 0. The molecule has 1 amide bonds. The van der Waals surface area contributed by atoms with E-state index in [1.165, 1.54) is 0 Å². The first-order valence-electron chi connectivity index (χ1n) is 9.22. The fourth-order valence-corrected chi connectivity index (χ4v) is 3.17. The molecule has 2 aromatic carbocycles. The summed E-state index contributed by atoms with van der Waals surface area (Å²) in [6.45, 7) is 5.15. The van der Waals surface area contributed by atoms with E-state index < -0.39 is 0 Å². The summed E-state index contributed by atoms with van der Waals surface area (Å²) < 4.78 is 5.49. The fourth-order valence-electron chi connectivity index (χ4n) is 3.01. The summed E-state index contributed by atoms with van der Waals surface area (Å²) in [5, 5.41) is 0.969. The Bertz CT molecular complexity index is 1050. The van der Waals surface area contributed by atoms with Crippen molar-refractivity contribution in [3.05, 3.63) is 69.2 Å². The van der Waals surface area contributed by atoms with Crippen LogP contribution < -0.4 is 10.3 Å². The quantitative estimate of drug-likeness (QED) is 0.650. The highest BCUT2D eigenvalue weighted by molar-refractivity contribution is 6.31. The molecule has 146 valence electrons. The van der Waals surface area contributed by atoms with Gasteiger partial charge in [0.15, 0.2) is 0 Å². The van der Waals surface area contributed by atoms with Crippen LogP contribution >= 0.6 is 11.6 Å². The molecule has 1 N–H and O–H groups in total. The Kier molecular flexibility index (Phi) is 6.31. The molecule has 3 aromatic rings. The summed E-state index contributed by atoms with van der Waals surface area (Å²) in [4.78, 5) is 34.3. The normalized spacial score (nSPS) is 10.8. The van der Waals surface area contributed by atoms with Crippen molar-refractivity contribution in [1.29, 1.82) is 0 Å². The molecular weight excluding hydrogens is 378 g/mol. The van der Waals surface area contributed by atoms with Crippen LogP contribution in [0.25, 0.3) is 10.9 Å². The van der Waals surface area contributed by atoms with Crippen molar-refractivity contribution in [2.24, 2.45) is 0 Å².